The Hall–Kier alpha value is 0.640. The van der Waals surface area contributed by atoms with Crippen LogP contribution in [0.1, 0.15) is 10.4 Å². The SMILES string of the molecule is O=C(Cl)c1cc(I)cc(I)c1. The first kappa shape index (κ1) is 9.73. The van der Waals surface area contributed by atoms with Crippen molar-refractivity contribution in [3.8, 4) is 0 Å². The summed E-state index contributed by atoms with van der Waals surface area (Å²) >= 11 is 9.60. The fourth-order valence-electron chi connectivity index (χ4n) is 0.667. The first-order valence-corrected chi connectivity index (χ1v) is 5.29. The summed E-state index contributed by atoms with van der Waals surface area (Å²) in [5.74, 6) is 0. The van der Waals surface area contributed by atoms with Crippen LogP contribution in [0, 0.1) is 7.14 Å². The molecule has 0 bridgehead atoms. The van der Waals surface area contributed by atoms with Gasteiger partial charge in [-0.3, -0.25) is 4.79 Å². The largest absolute Gasteiger partial charge is 0.276 e. The molecule has 0 heterocycles. The van der Waals surface area contributed by atoms with Gasteiger partial charge in [0.2, 0.25) is 0 Å². The van der Waals surface area contributed by atoms with Crippen molar-refractivity contribution in [3.63, 3.8) is 0 Å². The Balaban J connectivity index is 3.19. The number of hydrogen-bond acceptors (Lipinski definition) is 1. The van der Waals surface area contributed by atoms with E-state index in [4.69, 9.17) is 11.6 Å². The Bertz CT molecular complexity index is 278. The molecule has 1 nitrogen and oxygen atoms in total. The first-order chi connectivity index (χ1) is 5.09. The van der Waals surface area contributed by atoms with Crippen LogP contribution < -0.4 is 0 Å². The highest BCUT2D eigenvalue weighted by atomic mass is 127. The summed E-state index contributed by atoms with van der Waals surface area (Å²) < 4.78 is 2.05. The van der Waals surface area contributed by atoms with E-state index in [1.165, 1.54) is 0 Å². The van der Waals surface area contributed by atoms with Gasteiger partial charge < -0.3 is 0 Å². The van der Waals surface area contributed by atoms with E-state index >= 15 is 0 Å². The van der Waals surface area contributed by atoms with Crippen LogP contribution in [0.5, 0.6) is 0 Å². The zero-order chi connectivity index (χ0) is 8.43. The van der Waals surface area contributed by atoms with Crippen LogP contribution >= 0.6 is 56.8 Å². The van der Waals surface area contributed by atoms with E-state index in [2.05, 4.69) is 45.2 Å². The molecule has 1 rings (SSSR count). The molecule has 0 saturated heterocycles. The van der Waals surface area contributed by atoms with Crippen LogP contribution in [0.15, 0.2) is 18.2 Å². The molecule has 0 aliphatic heterocycles. The lowest BCUT2D eigenvalue weighted by Crippen LogP contribution is -1.90. The van der Waals surface area contributed by atoms with Gasteiger partial charge in [-0.25, -0.2) is 0 Å². The highest BCUT2D eigenvalue weighted by Crippen LogP contribution is 2.15. The normalized spacial score (nSPS) is 9.73. The van der Waals surface area contributed by atoms with Crippen molar-refractivity contribution in [2.24, 2.45) is 0 Å². The summed E-state index contributed by atoms with van der Waals surface area (Å²) in [6, 6.07) is 5.50. The molecule has 0 radical (unpaired) electrons. The van der Waals surface area contributed by atoms with Crippen molar-refractivity contribution in [1.29, 1.82) is 0 Å². The van der Waals surface area contributed by atoms with Gasteiger partial charge in [0.1, 0.15) is 0 Å². The molecule has 0 fully saturated rings. The minimum absolute atomic E-state index is 0.401. The van der Waals surface area contributed by atoms with Gasteiger partial charge >= 0.3 is 0 Å². The summed E-state index contributed by atoms with van der Waals surface area (Å²) in [6.45, 7) is 0. The van der Waals surface area contributed by atoms with E-state index < -0.39 is 5.24 Å². The van der Waals surface area contributed by atoms with Gasteiger partial charge in [0.25, 0.3) is 5.24 Å². The fourth-order valence-corrected chi connectivity index (χ4v) is 2.71. The predicted molar refractivity (Wildman–Crippen MR) is 62.1 cm³/mol. The van der Waals surface area contributed by atoms with Crippen molar-refractivity contribution in [2.75, 3.05) is 0 Å². The van der Waals surface area contributed by atoms with Crippen molar-refractivity contribution in [3.05, 3.63) is 30.9 Å². The highest BCUT2D eigenvalue weighted by molar-refractivity contribution is 14.1. The number of hydrogen-bond donors (Lipinski definition) is 0. The zero-order valence-electron chi connectivity index (χ0n) is 5.27. The van der Waals surface area contributed by atoms with E-state index in [-0.39, 0.29) is 0 Å². The van der Waals surface area contributed by atoms with Crippen LogP contribution in [-0.2, 0) is 0 Å². The quantitative estimate of drug-likeness (QED) is 0.530. The van der Waals surface area contributed by atoms with E-state index in [1.807, 2.05) is 6.07 Å². The second kappa shape index (κ2) is 4.04. The molecule has 1 aromatic rings. The van der Waals surface area contributed by atoms with E-state index in [1.54, 1.807) is 12.1 Å². The number of rotatable bonds is 1. The lowest BCUT2D eigenvalue weighted by Gasteiger charge is -1.96. The summed E-state index contributed by atoms with van der Waals surface area (Å²) in [4.78, 5) is 10.7. The number of halogens is 3. The maximum atomic E-state index is 10.7. The number of carbonyl (C=O) groups is 1. The molecule has 11 heavy (non-hydrogen) atoms. The third-order valence-corrected chi connectivity index (χ3v) is 2.55. The highest BCUT2D eigenvalue weighted by Gasteiger charge is 2.02. The minimum atomic E-state index is -0.401. The van der Waals surface area contributed by atoms with Crippen molar-refractivity contribution in [2.45, 2.75) is 0 Å². The average molecular weight is 392 g/mol. The maximum absolute atomic E-state index is 10.7. The van der Waals surface area contributed by atoms with Gasteiger partial charge in [-0.2, -0.15) is 0 Å². The molecule has 0 saturated carbocycles. The molecule has 0 aromatic heterocycles. The van der Waals surface area contributed by atoms with Crippen LogP contribution in [0.3, 0.4) is 0 Å². The van der Waals surface area contributed by atoms with Crippen LogP contribution in [0.2, 0.25) is 0 Å². The summed E-state index contributed by atoms with van der Waals surface area (Å²) in [5, 5.41) is -0.401. The Morgan fingerprint density at radius 1 is 1.18 bits per heavy atom. The first-order valence-electron chi connectivity index (χ1n) is 2.75. The van der Waals surface area contributed by atoms with Crippen molar-refractivity contribution < 1.29 is 4.79 Å². The lowest BCUT2D eigenvalue weighted by atomic mass is 10.2. The summed E-state index contributed by atoms with van der Waals surface area (Å²) in [5.41, 5.74) is 0.558. The molecule has 0 aliphatic rings. The molecule has 0 N–H and O–H groups in total. The second-order valence-corrected chi connectivity index (χ2v) is 4.77. The monoisotopic (exact) mass is 392 g/mol. The second-order valence-electron chi connectivity index (χ2n) is 1.93. The molecule has 0 atom stereocenters. The molecule has 0 amide bonds. The topological polar surface area (TPSA) is 17.1 Å². The molecular weight excluding hydrogens is 389 g/mol. The molecule has 4 heteroatoms. The molecular formula is C7H3ClI2O. The molecule has 0 unspecified atom stereocenters. The van der Waals surface area contributed by atoms with Gasteiger partial charge in [0, 0.05) is 12.7 Å². The van der Waals surface area contributed by atoms with Crippen LogP contribution in [-0.4, -0.2) is 5.24 Å². The van der Waals surface area contributed by atoms with Gasteiger partial charge in [0.15, 0.2) is 0 Å². The van der Waals surface area contributed by atoms with E-state index in [9.17, 15) is 4.79 Å². The molecule has 0 spiro atoms. The van der Waals surface area contributed by atoms with Gasteiger partial charge in [-0.1, -0.05) is 0 Å². The average Bonchev–Trinajstić information content (AvgIpc) is 1.85. The molecule has 1 aromatic carbocycles. The predicted octanol–water partition coefficient (Wildman–Crippen LogP) is 3.27. The van der Waals surface area contributed by atoms with Gasteiger partial charge in [0.05, 0.1) is 0 Å². The number of benzene rings is 1. The lowest BCUT2D eigenvalue weighted by molar-refractivity contribution is 0.108. The smallest absolute Gasteiger partial charge is 0.252 e. The van der Waals surface area contributed by atoms with Crippen molar-refractivity contribution in [1.82, 2.24) is 0 Å². The van der Waals surface area contributed by atoms with Crippen LogP contribution in [0.4, 0.5) is 0 Å². The Morgan fingerprint density at radius 2 is 1.64 bits per heavy atom. The summed E-state index contributed by atoms with van der Waals surface area (Å²) in [6.07, 6.45) is 0. The fraction of sp³-hybridized carbons (Fsp3) is 0. The Labute approximate surface area is 96.8 Å². The zero-order valence-corrected chi connectivity index (χ0v) is 10.3. The Kier molecular flexibility index (Phi) is 3.57. The molecule has 58 valence electrons. The molecule has 0 aliphatic carbocycles. The number of carbonyl (C=O) groups excluding carboxylic acids is 1. The maximum Gasteiger partial charge on any atom is 0.252 e. The van der Waals surface area contributed by atoms with E-state index in [0.29, 0.717) is 5.56 Å². The van der Waals surface area contributed by atoms with E-state index in [0.717, 1.165) is 7.14 Å². The van der Waals surface area contributed by atoms with Gasteiger partial charge in [-0.05, 0) is 75.0 Å². The Morgan fingerprint density at radius 3 is 2.00 bits per heavy atom. The third kappa shape index (κ3) is 2.87. The van der Waals surface area contributed by atoms with Gasteiger partial charge in [-0.15, -0.1) is 0 Å². The third-order valence-electron chi connectivity index (χ3n) is 1.09. The van der Waals surface area contributed by atoms with Crippen LogP contribution in [0.25, 0.3) is 0 Å². The minimum Gasteiger partial charge on any atom is -0.276 e. The standard InChI is InChI=1S/C7H3ClI2O/c8-7(11)4-1-5(9)3-6(10)2-4/h1-3H. The summed E-state index contributed by atoms with van der Waals surface area (Å²) in [7, 11) is 0. The van der Waals surface area contributed by atoms with Crippen molar-refractivity contribution >= 4 is 62.0 Å².